The molecule has 0 spiro atoms. The van der Waals surface area contributed by atoms with Gasteiger partial charge in [0.2, 0.25) is 10.0 Å². The number of hydrogen-bond donors (Lipinski definition) is 1. The molecule has 1 fully saturated rings. The van der Waals surface area contributed by atoms with Crippen LogP contribution in [-0.2, 0) is 10.0 Å². The third kappa shape index (κ3) is 4.95. The number of benzene rings is 2. The number of hydrogen-bond acceptors (Lipinski definition) is 3. The van der Waals surface area contributed by atoms with E-state index in [2.05, 4.69) is 0 Å². The van der Waals surface area contributed by atoms with Crippen LogP contribution in [0.4, 0.5) is 8.78 Å². The van der Waals surface area contributed by atoms with Crippen molar-refractivity contribution in [1.29, 1.82) is 0 Å². The highest BCUT2D eigenvalue weighted by molar-refractivity contribution is 7.89. The fraction of sp³-hybridized carbons (Fsp3) is 0.333. The van der Waals surface area contributed by atoms with E-state index in [-0.39, 0.29) is 15.7 Å². The number of sulfonamides is 1. The van der Waals surface area contributed by atoms with E-state index >= 15 is 0 Å². The summed E-state index contributed by atoms with van der Waals surface area (Å²) < 4.78 is 58.4. The first-order valence-electron chi connectivity index (χ1n) is 8.53. The fourth-order valence-corrected chi connectivity index (χ4v) is 4.64. The first kappa shape index (κ1) is 20.0. The molecule has 0 aromatic heterocycles. The third-order valence-electron chi connectivity index (χ3n) is 4.50. The van der Waals surface area contributed by atoms with Gasteiger partial charge in [0, 0.05) is 0 Å². The predicted octanol–water partition coefficient (Wildman–Crippen LogP) is 1.59. The zero-order valence-corrected chi connectivity index (χ0v) is 16.1. The summed E-state index contributed by atoms with van der Waals surface area (Å²) in [5.41, 5.74) is 0. The molecule has 0 unspecified atom stereocenters. The van der Waals surface area contributed by atoms with Crippen LogP contribution >= 0.6 is 11.6 Å². The van der Waals surface area contributed by atoms with Gasteiger partial charge in [-0.05, 0) is 42.5 Å². The second-order valence-electron chi connectivity index (χ2n) is 6.28. The molecule has 0 atom stereocenters. The van der Waals surface area contributed by atoms with Gasteiger partial charge in [0.05, 0.1) is 36.1 Å². The van der Waals surface area contributed by atoms with Gasteiger partial charge in [-0.3, -0.25) is 0 Å². The summed E-state index contributed by atoms with van der Waals surface area (Å²) in [5.74, 6) is -0.357. The number of ether oxygens (including phenoxy) is 1. The van der Waals surface area contributed by atoms with E-state index in [0.717, 1.165) is 12.1 Å². The van der Waals surface area contributed by atoms with Crippen molar-refractivity contribution in [3.8, 4) is 5.75 Å². The SMILES string of the molecule is O=S(=O)(c1ccc(F)c(Cl)c1)N1CC[NH+](CCOc2ccc(F)cc2)CC1. The second kappa shape index (κ2) is 8.52. The molecule has 1 aliphatic heterocycles. The van der Waals surface area contributed by atoms with E-state index in [1.54, 1.807) is 12.1 Å². The summed E-state index contributed by atoms with van der Waals surface area (Å²) in [4.78, 5) is 1.22. The summed E-state index contributed by atoms with van der Waals surface area (Å²) in [6.07, 6.45) is 0. The van der Waals surface area contributed by atoms with Crippen LogP contribution in [0.3, 0.4) is 0 Å². The van der Waals surface area contributed by atoms with Crippen LogP contribution in [-0.4, -0.2) is 52.1 Å². The van der Waals surface area contributed by atoms with Crippen molar-refractivity contribution < 1.29 is 26.8 Å². The van der Waals surface area contributed by atoms with Gasteiger partial charge in [-0.15, -0.1) is 0 Å². The molecule has 2 aromatic rings. The zero-order valence-electron chi connectivity index (χ0n) is 14.5. The molecule has 9 heteroatoms. The number of nitrogens with one attached hydrogen (secondary N) is 1. The first-order chi connectivity index (χ1) is 12.9. The molecule has 27 heavy (non-hydrogen) atoms. The summed E-state index contributed by atoms with van der Waals surface area (Å²) in [7, 11) is -3.69. The van der Waals surface area contributed by atoms with Gasteiger partial charge in [-0.2, -0.15) is 4.31 Å². The molecule has 0 saturated carbocycles. The van der Waals surface area contributed by atoms with E-state index in [1.807, 2.05) is 0 Å². The van der Waals surface area contributed by atoms with Crippen LogP contribution < -0.4 is 9.64 Å². The standard InChI is InChI=1S/C18H19ClF2N2O3S/c19-17-13-16(5-6-18(17)21)27(24,25)23-9-7-22(8-10-23)11-12-26-15-3-1-14(20)2-4-15/h1-6,13H,7-12H2/p+1. The van der Waals surface area contributed by atoms with Crippen molar-refractivity contribution in [3.63, 3.8) is 0 Å². The minimum atomic E-state index is -3.69. The molecule has 2 aromatic carbocycles. The highest BCUT2D eigenvalue weighted by Crippen LogP contribution is 2.22. The third-order valence-corrected chi connectivity index (χ3v) is 6.68. The van der Waals surface area contributed by atoms with Gasteiger partial charge in [0.1, 0.15) is 30.5 Å². The van der Waals surface area contributed by atoms with Gasteiger partial charge < -0.3 is 9.64 Å². The lowest BCUT2D eigenvalue weighted by Gasteiger charge is -2.31. The van der Waals surface area contributed by atoms with Crippen molar-refractivity contribution in [2.75, 3.05) is 39.3 Å². The van der Waals surface area contributed by atoms with E-state index < -0.39 is 15.8 Å². The number of rotatable bonds is 6. The summed E-state index contributed by atoms with van der Waals surface area (Å²) in [6.45, 7) is 3.18. The number of halogens is 3. The van der Waals surface area contributed by atoms with Gasteiger partial charge in [-0.25, -0.2) is 17.2 Å². The average molecular weight is 418 g/mol. The molecule has 1 N–H and O–H groups in total. The Hall–Kier alpha value is -1.74. The molecule has 0 bridgehead atoms. The van der Waals surface area contributed by atoms with Crippen molar-refractivity contribution in [2.24, 2.45) is 0 Å². The Labute approximate surface area is 162 Å². The highest BCUT2D eigenvalue weighted by atomic mass is 35.5. The Balaban J connectivity index is 1.50. The smallest absolute Gasteiger partial charge is 0.243 e. The van der Waals surface area contributed by atoms with E-state index in [0.29, 0.717) is 45.1 Å². The summed E-state index contributed by atoms with van der Waals surface area (Å²) in [6, 6.07) is 9.25. The van der Waals surface area contributed by atoms with Crippen molar-refractivity contribution in [3.05, 3.63) is 59.1 Å². The first-order valence-corrected chi connectivity index (χ1v) is 10.4. The van der Waals surface area contributed by atoms with E-state index in [4.69, 9.17) is 16.3 Å². The minimum Gasteiger partial charge on any atom is -0.488 e. The Morgan fingerprint density at radius 3 is 2.37 bits per heavy atom. The minimum absolute atomic E-state index is 0.00278. The molecule has 146 valence electrons. The average Bonchev–Trinajstić information content (AvgIpc) is 2.66. The highest BCUT2D eigenvalue weighted by Gasteiger charge is 2.30. The monoisotopic (exact) mass is 417 g/mol. The van der Waals surface area contributed by atoms with E-state index in [9.17, 15) is 17.2 Å². The van der Waals surface area contributed by atoms with E-state index in [1.165, 1.54) is 27.4 Å². The van der Waals surface area contributed by atoms with Gasteiger partial charge >= 0.3 is 0 Å². The Morgan fingerprint density at radius 2 is 1.74 bits per heavy atom. The van der Waals surface area contributed by atoms with Crippen LogP contribution in [0.2, 0.25) is 5.02 Å². The summed E-state index contributed by atoms with van der Waals surface area (Å²) in [5, 5.41) is -0.210. The molecule has 0 aliphatic carbocycles. The van der Waals surface area contributed by atoms with Gasteiger partial charge in [0.25, 0.3) is 0 Å². The van der Waals surface area contributed by atoms with Crippen LogP contribution in [0, 0.1) is 11.6 Å². The molecule has 1 heterocycles. The van der Waals surface area contributed by atoms with Gasteiger partial charge in [-0.1, -0.05) is 11.6 Å². The topological polar surface area (TPSA) is 51.0 Å². The molecule has 3 rings (SSSR count). The lowest BCUT2D eigenvalue weighted by Crippen LogP contribution is -3.15. The Kier molecular flexibility index (Phi) is 6.31. The maximum atomic E-state index is 13.3. The number of piperazine rings is 1. The normalized spacial score (nSPS) is 16.4. The maximum Gasteiger partial charge on any atom is 0.243 e. The molecule has 5 nitrogen and oxygen atoms in total. The quantitative estimate of drug-likeness (QED) is 0.776. The van der Waals surface area contributed by atoms with Crippen LogP contribution in [0.1, 0.15) is 0 Å². The Bertz CT molecular complexity index is 886. The molecule has 1 saturated heterocycles. The van der Waals surface area contributed by atoms with Gasteiger partial charge in [0.15, 0.2) is 0 Å². The molecule has 0 radical (unpaired) electrons. The second-order valence-corrected chi connectivity index (χ2v) is 8.63. The van der Waals surface area contributed by atoms with Crippen molar-refractivity contribution in [2.45, 2.75) is 4.90 Å². The van der Waals surface area contributed by atoms with Crippen molar-refractivity contribution >= 4 is 21.6 Å². The maximum absolute atomic E-state index is 13.3. The molecular formula is C18H20ClF2N2O3S+. The Morgan fingerprint density at radius 1 is 1.07 bits per heavy atom. The largest absolute Gasteiger partial charge is 0.488 e. The lowest BCUT2D eigenvalue weighted by molar-refractivity contribution is -0.903. The van der Waals surface area contributed by atoms with Crippen molar-refractivity contribution in [1.82, 2.24) is 4.31 Å². The lowest BCUT2D eigenvalue weighted by atomic mass is 10.3. The number of nitrogens with zero attached hydrogens (tertiary/aromatic N) is 1. The molecule has 1 aliphatic rings. The summed E-state index contributed by atoms with van der Waals surface area (Å²) >= 11 is 5.70. The van der Waals surface area contributed by atoms with Crippen LogP contribution in [0.5, 0.6) is 5.75 Å². The zero-order chi connectivity index (χ0) is 19.4. The predicted molar refractivity (Wildman–Crippen MR) is 97.6 cm³/mol. The molecule has 0 amide bonds. The molecular weight excluding hydrogens is 398 g/mol. The van der Waals surface area contributed by atoms with Crippen LogP contribution in [0.15, 0.2) is 47.4 Å². The number of quaternary nitrogens is 1. The van der Waals surface area contributed by atoms with Crippen LogP contribution in [0.25, 0.3) is 0 Å². The fourth-order valence-electron chi connectivity index (χ4n) is 2.92.